The standard InChI is InChI=1S/C15H23N5/c1-5-7-12-9-14(16-8-6-2)19-15(18-12)13-10-17-20(4)11(13)3/h9-10H,5-8H2,1-4H3,(H,16,18,19). The first-order valence-electron chi connectivity index (χ1n) is 7.26. The Morgan fingerprint density at radius 1 is 1.20 bits per heavy atom. The predicted octanol–water partition coefficient (Wildman–Crippen LogP) is 2.96. The van der Waals surface area contributed by atoms with Crippen LogP contribution in [-0.4, -0.2) is 26.3 Å². The molecule has 0 radical (unpaired) electrons. The molecule has 1 N–H and O–H groups in total. The first kappa shape index (κ1) is 14.5. The van der Waals surface area contributed by atoms with Crippen LogP contribution in [0.25, 0.3) is 11.4 Å². The number of nitrogens with one attached hydrogen (secondary N) is 1. The summed E-state index contributed by atoms with van der Waals surface area (Å²) in [6.45, 7) is 7.27. The molecule has 5 nitrogen and oxygen atoms in total. The van der Waals surface area contributed by atoms with Crippen molar-refractivity contribution in [2.45, 2.75) is 40.0 Å². The lowest BCUT2D eigenvalue weighted by atomic mass is 10.2. The van der Waals surface area contributed by atoms with Gasteiger partial charge >= 0.3 is 0 Å². The third-order valence-corrected chi connectivity index (χ3v) is 3.32. The summed E-state index contributed by atoms with van der Waals surface area (Å²) >= 11 is 0. The molecule has 108 valence electrons. The number of hydrogen-bond donors (Lipinski definition) is 1. The lowest BCUT2D eigenvalue weighted by Gasteiger charge is -2.09. The van der Waals surface area contributed by atoms with E-state index in [1.54, 1.807) is 0 Å². The Balaban J connectivity index is 2.40. The second kappa shape index (κ2) is 6.50. The molecular weight excluding hydrogens is 250 g/mol. The van der Waals surface area contributed by atoms with E-state index in [2.05, 4.69) is 34.2 Å². The maximum Gasteiger partial charge on any atom is 0.165 e. The fraction of sp³-hybridized carbons (Fsp3) is 0.533. The number of hydrogen-bond acceptors (Lipinski definition) is 4. The number of rotatable bonds is 6. The van der Waals surface area contributed by atoms with E-state index in [1.807, 2.05) is 30.9 Å². The van der Waals surface area contributed by atoms with Gasteiger partial charge in [-0.2, -0.15) is 5.10 Å². The van der Waals surface area contributed by atoms with Gasteiger partial charge in [0.1, 0.15) is 5.82 Å². The van der Waals surface area contributed by atoms with Gasteiger partial charge in [0.15, 0.2) is 5.82 Å². The summed E-state index contributed by atoms with van der Waals surface area (Å²) in [5.74, 6) is 1.67. The average molecular weight is 273 g/mol. The van der Waals surface area contributed by atoms with Crippen LogP contribution in [-0.2, 0) is 13.5 Å². The molecule has 0 aliphatic carbocycles. The molecule has 5 heteroatoms. The van der Waals surface area contributed by atoms with Crippen LogP contribution in [0.4, 0.5) is 5.82 Å². The molecule has 0 saturated heterocycles. The largest absolute Gasteiger partial charge is 0.370 e. The lowest BCUT2D eigenvalue weighted by Crippen LogP contribution is -2.06. The van der Waals surface area contributed by atoms with E-state index in [0.717, 1.165) is 54.4 Å². The fourth-order valence-corrected chi connectivity index (χ4v) is 2.06. The first-order valence-corrected chi connectivity index (χ1v) is 7.26. The molecule has 0 atom stereocenters. The normalized spacial score (nSPS) is 10.8. The highest BCUT2D eigenvalue weighted by Gasteiger charge is 2.12. The SMILES string of the molecule is CCCNc1cc(CCC)nc(-c2cnn(C)c2C)n1. The molecule has 0 aliphatic rings. The van der Waals surface area contributed by atoms with Gasteiger partial charge in [-0.15, -0.1) is 0 Å². The van der Waals surface area contributed by atoms with Crippen molar-refractivity contribution in [3.8, 4) is 11.4 Å². The van der Waals surface area contributed by atoms with E-state index in [4.69, 9.17) is 0 Å². The number of aryl methyl sites for hydroxylation is 2. The minimum atomic E-state index is 0.764. The second-order valence-electron chi connectivity index (χ2n) is 5.01. The molecule has 0 bridgehead atoms. The van der Waals surface area contributed by atoms with Gasteiger partial charge < -0.3 is 5.32 Å². The molecule has 2 aromatic rings. The Bertz CT molecular complexity index is 574. The zero-order chi connectivity index (χ0) is 14.5. The van der Waals surface area contributed by atoms with E-state index in [0.29, 0.717) is 0 Å². The van der Waals surface area contributed by atoms with Crippen LogP contribution in [0.2, 0.25) is 0 Å². The summed E-state index contributed by atoms with van der Waals surface area (Å²) in [4.78, 5) is 9.29. The lowest BCUT2D eigenvalue weighted by molar-refractivity contribution is 0.740. The molecule has 2 aromatic heterocycles. The van der Waals surface area contributed by atoms with Crippen molar-refractivity contribution in [3.05, 3.63) is 23.7 Å². The highest BCUT2D eigenvalue weighted by Crippen LogP contribution is 2.21. The Labute approximate surface area is 120 Å². The predicted molar refractivity (Wildman–Crippen MR) is 81.7 cm³/mol. The third-order valence-electron chi connectivity index (χ3n) is 3.32. The average Bonchev–Trinajstić information content (AvgIpc) is 2.77. The fourth-order valence-electron chi connectivity index (χ4n) is 2.06. The molecule has 0 spiro atoms. The summed E-state index contributed by atoms with van der Waals surface area (Å²) in [6.07, 6.45) is 4.96. The van der Waals surface area contributed by atoms with Crippen LogP contribution in [0.5, 0.6) is 0 Å². The van der Waals surface area contributed by atoms with Gasteiger partial charge in [-0.3, -0.25) is 4.68 Å². The van der Waals surface area contributed by atoms with Crippen LogP contribution >= 0.6 is 0 Å². The molecule has 20 heavy (non-hydrogen) atoms. The molecule has 2 rings (SSSR count). The maximum atomic E-state index is 4.67. The van der Waals surface area contributed by atoms with Gasteiger partial charge in [0.2, 0.25) is 0 Å². The third kappa shape index (κ3) is 3.15. The summed E-state index contributed by atoms with van der Waals surface area (Å²) < 4.78 is 1.85. The minimum absolute atomic E-state index is 0.764. The molecular formula is C15H23N5. The minimum Gasteiger partial charge on any atom is -0.370 e. The highest BCUT2D eigenvalue weighted by molar-refractivity contribution is 5.59. The first-order chi connectivity index (χ1) is 9.65. The molecule has 0 unspecified atom stereocenters. The molecule has 2 heterocycles. The zero-order valence-corrected chi connectivity index (χ0v) is 12.8. The van der Waals surface area contributed by atoms with E-state index >= 15 is 0 Å². The molecule has 0 aliphatic heterocycles. The van der Waals surface area contributed by atoms with Crippen molar-refractivity contribution < 1.29 is 0 Å². The summed E-state index contributed by atoms with van der Waals surface area (Å²) in [7, 11) is 1.94. The molecule has 0 aromatic carbocycles. The van der Waals surface area contributed by atoms with E-state index in [-0.39, 0.29) is 0 Å². The van der Waals surface area contributed by atoms with E-state index < -0.39 is 0 Å². The van der Waals surface area contributed by atoms with E-state index in [9.17, 15) is 0 Å². The molecule has 0 saturated carbocycles. The summed E-state index contributed by atoms with van der Waals surface area (Å²) in [5, 5.41) is 7.63. The van der Waals surface area contributed by atoms with Crippen molar-refractivity contribution in [2.75, 3.05) is 11.9 Å². The van der Waals surface area contributed by atoms with Crippen molar-refractivity contribution in [1.29, 1.82) is 0 Å². The number of aromatic nitrogens is 4. The van der Waals surface area contributed by atoms with Crippen molar-refractivity contribution in [1.82, 2.24) is 19.7 Å². The summed E-state index contributed by atoms with van der Waals surface area (Å²) in [5.41, 5.74) is 3.17. The Kier molecular flexibility index (Phi) is 4.71. The second-order valence-corrected chi connectivity index (χ2v) is 5.01. The quantitative estimate of drug-likeness (QED) is 0.879. The van der Waals surface area contributed by atoms with Crippen LogP contribution in [0, 0.1) is 6.92 Å². The highest BCUT2D eigenvalue weighted by atomic mass is 15.3. The number of anilines is 1. The van der Waals surface area contributed by atoms with Gasteiger partial charge in [-0.25, -0.2) is 9.97 Å². The van der Waals surface area contributed by atoms with Gasteiger partial charge in [0, 0.05) is 31.0 Å². The summed E-state index contributed by atoms with van der Waals surface area (Å²) in [6, 6.07) is 2.05. The van der Waals surface area contributed by atoms with Crippen LogP contribution < -0.4 is 5.32 Å². The Morgan fingerprint density at radius 2 is 2.00 bits per heavy atom. The van der Waals surface area contributed by atoms with Crippen molar-refractivity contribution in [2.24, 2.45) is 7.05 Å². The van der Waals surface area contributed by atoms with Gasteiger partial charge in [-0.05, 0) is 19.8 Å². The van der Waals surface area contributed by atoms with Gasteiger partial charge in [0.25, 0.3) is 0 Å². The Hall–Kier alpha value is -1.91. The van der Waals surface area contributed by atoms with E-state index in [1.165, 1.54) is 0 Å². The zero-order valence-electron chi connectivity index (χ0n) is 12.8. The Morgan fingerprint density at radius 3 is 2.60 bits per heavy atom. The van der Waals surface area contributed by atoms with Gasteiger partial charge in [-0.1, -0.05) is 20.3 Å². The smallest absolute Gasteiger partial charge is 0.165 e. The maximum absolute atomic E-state index is 4.67. The van der Waals surface area contributed by atoms with Gasteiger partial charge in [0.05, 0.1) is 11.8 Å². The monoisotopic (exact) mass is 273 g/mol. The van der Waals surface area contributed by atoms with Crippen LogP contribution in [0.15, 0.2) is 12.3 Å². The molecule has 0 fully saturated rings. The van der Waals surface area contributed by atoms with Crippen molar-refractivity contribution in [3.63, 3.8) is 0 Å². The topological polar surface area (TPSA) is 55.6 Å². The van der Waals surface area contributed by atoms with Crippen molar-refractivity contribution >= 4 is 5.82 Å². The van der Waals surface area contributed by atoms with Crippen LogP contribution in [0.3, 0.4) is 0 Å². The number of nitrogens with zero attached hydrogens (tertiary/aromatic N) is 4. The molecule has 0 amide bonds. The van der Waals surface area contributed by atoms with Crippen LogP contribution in [0.1, 0.15) is 38.1 Å².